The van der Waals surface area contributed by atoms with E-state index < -0.39 is 20.7 Å². The Bertz CT molecular complexity index is 660. The van der Waals surface area contributed by atoms with Crippen LogP contribution >= 0.6 is 10.7 Å². The van der Waals surface area contributed by atoms with Crippen molar-refractivity contribution in [2.45, 2.75) is 18.9 Å². The summed E-state index contributed by atoms with van der Waals surface area (Å²) in [6, 6.07) is 4.98. The maximum Gasteiger partial charge on any atom is 0.324 e. The average molecular weight is 320 g/mol. The van der Waals surface area contributed by atoms with E-state index in [1.807, 2.05) is 0 Å². The lowest BCUT2D eigenvalue weighted by Gasteiger charge is -2.47. The van der Waals surface area contributed by atoms with Crippen molar-refractivity contribution in [1.29, 1.82) is 0 Å². The lowest BCUT2D eigenvalue weighted by Crippen LogP contribution is -2.60. The standard InChI is InChI=1S/C12H14ClNO5S/c1-12(7-11(15)14(12)20(13,16)17)8-4-5-9(18-2)10(6-8)19-3/h4-6H,7H2,1-3H3. The third-order valence-electron chi connectivity index (χ3n) is 3.39. The largest absolute Gasteiger partial charge is 0.493 e. The number of carbonyl (C=O) groups is 1. The number of hydrogen-bond acceptors (Lipinski definition) is 5. The molecule has 1 amide bonds. The number of amides is 1. The molecule has 0 saturated carbocycles. The highest BCUT2D eigenvalue weighted by molar-refractivity contribution is 8.12. The number of halogens is 1. The van der Waals surface area contributed by atoms with Crippen LogP contribution in [0.15, 0.2) is 18.2 Å². The number of rotatable bonds is 4. The van der Waals surface area contributed by atoms with Crippen molar-refractivity contribution >= 4 is 25.8 Å². The number of hydrogen-bond donors (Lipinski definition) is 0. The Labute approximate surface area is 121 Å². The predicted octanol–water partition coefficient (Wildman–Crippen LogP) is 1.63. The Morgan fingerprint density at radius 2 is 1.85 bits per heavy atom. The molecule has 0 spiro atoms. The van der Waals surface area contributed by atoms with Crippen molar-refractivity contribution in [3.05, 3.63) is 23.8 Å². The van der Waals surface area contributed by atoms with E-state index in [1.165, 1.54) is 14.2 Å². The first-order chi connectivity index (χ1) is 9.24. The Morgan fingerprint density at radius 3 is 2.30 bits per heavy atom. The minimum absolute atomic E-state index is 0.0639. The Morgan fingerprint density at radius 1 is 1.25 bits per heavy atom. The van der Waals surface area contributed by atoms with Crippen LogP contribution < -0.4 is 9.47 Å². The summed E-state index contributed by atoms with van der Waals surface area (Å²) in [5, 5.41) is 0. The van der Waals surface area contributed by atoms with Gasteiger partial charge in [0, 0.05) is 10.7 Å². The predicted molar refractivity (Wildman–Crippen MR) is 73.1 cm³/mol. The summed E-state index contributed by atoms with van der Waals surface area (Å²) in [6.07, 6.45) is 0.0639. The van der Waals surface area contributed by atoms with Gasteiger partial charge in [0.2, 0.25) is 5.91 Å². The summed E-state index contributed by atoms with van der Waals surface area (Å²) in [6.45, 7) is 1.63. The summed E-state index contributed by atoms with van der Waals surface area (Å²) in [4.78, 5) is 11.6. The molecule has 0 N–H and O–H groups in total. The number of carbonyl (C=O) groups excluding carboxylic acids is 1. The monoisotopic (exact) mass is 319 g/mol. The zero-order valence-corrected chi connectivity index (χ0v) is 12.8. The van der Waals surface area contributed by atoms with E-state index in [9.17, 15) is 13.2 Å². The second-order valence-corrected chi connectivity index (χ2v) is 6.98. The van der Waals surface area contributed by atoms with E-state index in [0.29, 0.717) is 21.4 Å². The van der Waals surface area contributed by atoms with Gasteiger partial charge in [-0.05, 0) is 24.6 Å². The molecule has 1 aliphatic heterocycles. The minimum atomic E-state index is -4.12. The van der Waals surface area contributed by atoms with Crippen LogP contribution in [0.1, 0.15) is 18.9 Å². The third-order valence-corrected chi connectivity index (χ3v) is 4.85. The first-order valence-corrected chi connectivity index (χ1v) is 8.01. The molecular weight excluding hydrogens is 306 g/mol. The van der Waals surface area contributed by atoms with Crippen molar-refractivity contribution < 1.29 is 22.7 Å². The van der Waals surface area contributed by atoms with Gasteiger partial charge in [0.1, 0.15) is 0 Å². The van der Waals surface area contributed by atoms with Gasteiger partial charge in [-0.15, -0.1) is 0 Å². The highest BCUT2D eigenvalue weighted by atomic mass is 35.7. The highest BCUT2D eigenvalue weighted by Crippen LogP contribution is 2.46. The minimum Gasteiger partial charge on any atom is -0.493 e. The maximum absolute atomic E-state index is 11.6. The molecule has 8 heteroatoms. The molecular formula is C12H14ClNO5S. The zero-order chi connectivity index (χ0) is 15.1. The number of benzene rings is 1. The van der Waals surface area contributed by atoms with Crippen molar-refractivity contribution in [2.75, 3.05) is 14.2 Å². The normalized spacial score (nSPS) is 22.4. The van der Waals surface area contributed by atoms with E-state index in [2.05, 4.69) is 0 Å². The molecule has 1 aliphatic rings. The SMILES string of the molecule is COc1ccc(C2(C)CC(=O)N2S(=O)(=O)Cl)cc1OC. The van der Waals surface area contributed by atoms with Crippen LogP contribution in [0.2, 0.25) is 0 Å². The van der Waals surface area contributed by atoms with Crippen LogP contribution in [0.25, 0.3) is 0 Å². The van der Waals surface area contributed by atoms with Crippen LogP contribution in [0, 0.1) is 0 Å². The molecule has 1 fully saturated rings. The Kier molecular flexibility index (Phi) is 3.60. The second kappa shape index (κ2) is 4.82. The molecule has 1 atom stereocenters. The molecule has 1 saturated heterocycles. The van der Waals surface area contributed by atoms with Crippen LogP contribution in [0.5, 0.6) is 11.5 Å². The Balaban J connectivity index is 2.48. The highest BCUT2D eigenvalue weighted by Gasteiger charge is 2.54. The van der Waals surface area contributed by atoms with Crippen molar-refractivity contribution in [3.8, 4) is 11.5 Å². The molecule has 0 bridgehead atoms. The number of β-lactam (4-membered cyclic amide) rings is 1. The van der Waals surface area contributed by atoms with E-state index in [-0.39, 0.29) is 6.42 Å². The second-order valence-electron chi connectivity index (χ2n) is 4.62. The van der Waals surface area contributed by atoms with Gasteiger partial charge in [-0.3, -0.25) is 4.79 Å². The van der Waals surface area contributed by atoms with Crippen LogP contribution in [-0.2, 0) is 19.6 Å². The first kappa shape index (κ1) is 14.9. The average Bonchev–Trinajstić information content (AvgIpc) is 2.34. The fourth-order valence-corrected chi connectivity index (χ4v) is 4.02. The van der Waals surface area contributed by atoms with Gasteiger partial charge in [0.05, 0.1) is 26.2 Å². The van der Waals surface area contributed by atoms with Crippen molar-refractivity contribution in [2.24, 2.45) is 0 Å². The quantitative estimate of drug-likeness (QED) is 0.623. The van der Waals surface area contributed by atoms with Gasteiger partial charge in [-0.25, -0.2) is 4.31 Å². The summed E-state index contributed by atoms with van der Waals surface area (Å²) in [7, 11) is 4.18. The van der Waals surface area contributed by atoms with Crippen LogP contribution in [0.3, 0.4) is 0 Å². The van der Waals surface area contributed by atoms with E-state index in [1.54, 1.807) is 25.1 Å². The lowest BCUT2D eigenvalue weighted by atomic mass is 9.82. The van der Waals surface area contributed by atoms with Crippen molar-refractivity contribution in [1.82, 2.24) is 4.31 Å². The summed E-state index contributed by atoms with van der Waals surface area (Å²) < 4.78 is 34.0. The first-order valence-electron chi connectivity index (χ1n) is 5.74. The third kappa shape index (κ3) is 2.20. The molecule has 20 heavy (non-hydrogen) atoms. The number of methoxy groups -OCH3 is 2. The molecule has 6 nitrogen and oxygen atoms in total. The topological polar surface area (TPSA) is 72.9 Å². The molecule has 1 aromatic rings. The fourth-order valence-electron chi connectivity index (χ4n) is 2.37. The molecule has 0 aliphatic carbocycles. The Hall–Kier alpha value is -1.47. The van der Waals surface area contributed by atoms with E-state index in [0.717, 1.165) is 0 Å². The van der Waals surface area contributed by atoms with Gasteiger partial charge in [0.15, 0.2) is 11.5 Å². The fraction of sp³-hybridized carbons (Fsp3) is 0.417. The smallest absolute Gasteiger partial charge is 0.324 e. The summed E-state index contributed by atoms with van der Waals surface area (Å²) >= 11 is 0. The van der Waals surface area contributed by atoms with E-state index in [4.69, 9.17) is 20.2 Å². The molecule has 0 aromatic heterocycles. The molecule has 2 rings (SSSR count). The van der Waals surface area contributed by atoms with E-state index >= 15 is 0 Å². The van der Waals surface area contributed by atoms with Crippen LogP contribution in [0.4, 0.5) is 0 Å². The van der Waals surface area contributed by atoms with Gasteiger partial charge < -0.3 is 9.47 Å². The van der Waals surface area contributed by atoms with Gasteiger partial charge >= 0.3 is 9.24 Å². The van der Waals surface area contributed by atoms with Crippen LogP contribution in [-0.4, -0.2) is 32.8 Å². The van der Waals surface area contributed by atoms with Crippen molar-refractivity contribution in [3.63, 3.8) is 0 Å². The summed E-state index contributed by atoms with van der Waals surface area (Å²) in [5.41, 5.74) is -0.393. The number of nitrogens with zero attached hydrogens (tertiary/aromatic N) is 1. The lowest BCUT2D eigenvalue weighted by molar-refractivity contribution is -0.144. The van der Waals surface area contributed by atoms with Gasteiger partial charge in [0.25, 0.3) is 0 Å². The van der Waals surface area contributed by atoms with Gasteiger partial charge in [-0.2, -0.15) is 8.42 Å². The molecule has 1 aromatic carbocycles. The molecule has 1 heterocycles. The zero-order valence-electron chi connectivity index (χ0n) is 11.2. The van der Waals surface area contributed by atoms with Gasteiger partial charge in [-0.1, -0.05) is 6.07 Å². The molecule has 0 radical (unpaired) electrons. The number of ether oxygens (including phenoxy) is 2. The molecule has 1 unspecified atom stereocenters. The maximum atomic E-state index is 11.6. The molecule has 110 valence electrons. The summed E-state index contributed by atoms with van der Waals surface area (Å²) in [5.74, 6) is 0.445.